The van der Waals surface area contributed by atoms with E-state index in [9.17, 15) is 9.59 Å². The molecule has 0 spiro atoms. The number of carbonyl (C=O) groups is 2. The number of pyridine rings is 1. The summed E-state index contributed by atoms with van der Waals surface area (Å²) in [6, 6.07) is 6.95. The monoisotopic (exact) mass is 398 g/mol. The lowest BCUT2D eigenvalue weighted by Gasteiger charge is -2.15. The number of primary amides is 1. The first-order chi connectivity index (χ1) is 13.9. The second-order valence-corrected chi connectivity index (χ2v) is 6.35. The van der Waals surface area contributed by atoms with Crippen LogP contribution in [0.5, 0.6) is 17.2 Å². The van der Waals surface area contributed by atoms with Crippen molar-refractivity contribution in [3.63, 3.8) is 0 Å². The molecule has 9 nitrogen and oxygen atoms in total. The number of nitrogens with two attached hydrogens (primary N) is 1. The number of imidazole rings is 1. The van der Waals surface area contributed by atoms with E-state index in [0.717, 1.165) is 16.9 Å². The standard InChI is InChI=1S/C20H22N4O5/c1-12-4-5-24-10-14(23-18(24)6-12)9-22-20(26)13-7-15(27-2)19(16(8-13)28-3)29-11-17(21)25/h4-8,10H,9,11H2,1-3H3,(H2,21,25)(H,22,26). The third kappa shape index (κ3) is 4.57. The zero-order chi connectivity index (χ0) is 21.0. The lowest BCUT2D eigenvalue weighted by Crippen LogP contribution is -2.23. The molecular weight excluding hydrogens is 376 g/mol. The fourth-order valence-electron chi connectivity index (χ4n) is 2.79. The number of hydrogen-bond donors (Lipinski definition) is 2. The summed E-state index contributed by atoms with van der Waals surface area (Å²) < 4.78 is 17.8. The van der Waals surface area contributed by atoms with E-state index >= 15 is 0 Å². The topological polar surface area (TPSA) is 117 Å². The summed E-state index contributed by atoms with van der Waals surface area (Å²) >= 11 is 0. The van der Waals surface area contributed by atoms with Gasteiger partial charge in [-0.15, -0.1) is 0 Å². The van der Waals surface area contributed by atoms with Crippen LogP contribution in [0.15, 0.2) is 36.7 Å². The highest BCUT2D eigenvalue weighted by Gasteiger charge is 2.18. The molecule has 0 aliphatic rings. The summed E-state index contributed by atoms with van der Waals surface area (Å²) in [6.07, 6.45) is 3.78. The largest absolute Gasteiger partial charge is 0.493 e. The maximum Gasteiger partial charge on any atom is 0.255 e. The number of amides is 2. The van der Waals surface area contributed by atoms with Crippen molar-refractivity contribution >= 4 is 17.5 Å². The fraction of sp³-hybridized carbons (Fsp3) is 0.250. The van der Waals surface area contributed by atoms with Gasteiger partial charge in [0.1, 0.15) is 5.65 Å². The van der Waals surface area contributed by atoms with Crippen LogP contribution in [0.25, 0.3) is 5.65 Å². The number of rotatable bonds is 8. The van der Waals surface area contributed by atoms with E-state index in [1.54, 1.807) is 0 Å². The van der Waals surface area contributed by atoms with Gasteiger partial charge < -0.3 is 29.7 Å². The quantitative estimate of drug-likeness (QED) is 0.593. The third-order valence-corrected chi connectivity index (χ3v) is 4.18. The second-order valence-electron chi connectivity index (χ2n) is 6.35. The first-order valence-electron chi connectivity index (χ1n) is 8.81. The highest BCUT2D eigenvalue weighted by Crippen LogP contribution is 2.38. The first-order valence-corrected chi connectivity index (χ1v) is 8.81. The van der Waals surface area contributed by atoms with Crippen LogP contribution in [0, 0.1) is 6.92 Å². The zero-order valence-electron chi connectivity index (χ0n) is 16.4. The van der Waals surface area contributed by atoms with Crippen LogP contribution >= 0.6 is 0 Å². The molecule has 3 aromatic rings. The number of aromatic nitrogens is 2. The minimum Gasteiger partial charge on any atom is -0.493 e. The highest BCUT2D eigenvalue weighted by molar-refractivity contribution is 5.95. The van der Waals surface area contributed by atoms with Crippen molar-refractivity contribution in [1.29, 1.82) is 0 Å². The van der Waals surface area contributed by atoms with Crippen LogP contribution in [-0.2, 0) is 11.3 Å². The Balaban J connectivity index is 1.77. The van der Waals surface area contributed by atoms with Crippen LogP contribution in [0.4, 0.5) is 0 Å². The van der Waals surface area contributed by atoms with Crippen molar-refractivity contribution in [2.24, 2.45) is 5.73 Å². The number of ether oxygens (including phenoxy) is 3. The zero-order valence-corrected chi connectivity index (χ0v) is 16.4. The van der Waals surface area contributed by atoms with Crippen LogP contribution in [0.3, 0.4) is 0 Å². The van der Waals surface area contributed by atoms with Crippen molar-refractivity contribution in [3.8, 4) is 17.2 Å². The molecule has 0 bridgehead atoms. The van der Waals surface area contributed by atoms with Crippen molar-refractivity contribution < 1.29 is 23.8 Å². The van der Waals surface area contributed by atoms with Gasteiger partial charge in [0.05, 0.1) is 26.5 Å². The molecule has 0 saturated heterocycles. The Labute approximate surface area is 167 Å². The maximum atomic E-state index is 12.6. The summed E-state index contributed by atoms with van der Waals surface area (Å²) in [5.41, 5.74) is 8.07. The molecule has 9 heteroatoms. The minimum absolute atomic E-state index is 0.195. The van der Waals surface area contributed by atoms with Gasteiger partial charge in [0.2, 0.25) is 5.75 Å². The average Bonchev–Trinajstić information content (AvgIpc) is 3.11. The molecule has 0 aliphatic heterocycles. The normalized spacial score (nSPS) is 10.6. The van der Waals surface area contributed by atoms with E-state index in [4.69, 9.17) is 19.9 Å². The number of hydrogen-bond acceptors (Lipinski definition) is 6. The minimum atomic E-state index is -0.640. The number of nitrogens with one attached hydrogen (secondary N) is 1. The Kier molecular flexibility index (Phi) is 5.87. The molecule has 152 valence electrons. The summed E-state index contributed by atoms with van der Waals surface area (Å²) in [5.74, 6) is -0.283. The van der Waals surface area contributed by atoms with Gasteiger partial charge in [-0.2, -0.15) is 0 Å². The Morgan fingerprint density at radius 1 is 1.17 bits per heavy atom. The van der Waals surface area contributed by atoms with Gasteiger partial charge in [-0.1, -0.05) is 0 Å². The number of methoxy groups -OCH3 is 2. The molecule has 0 atom stereocenters. The fourth-order valence-corrected chi connectivity index (χ4v) is 2.79. The highest BCUT2D eigenvalue weighted by atomic mass is 16.5. The molecule has 2 heterocycles. The molecule has 1 aromatic carbocycles. The molecule has 0 unspecified atom stereocenters. The van der Waals surface area contributed by atoms with Crippen LogP contribution < -0.4 is 25.3 Å². The third-order valence-electron chi connectivity index (χ3n) is 4.18. The molecular formula is C20H22N4O5. The van der Waals surface area contributed by atoms with Crippen molar-refractivity contribution in [1.82, 2.24) is 14.7 Å². The van der Waals surface area contributed by atoms with Gasteiger partial charge in [-0.3, -0.25) is 9.59 Å². The Bertz CT molecular complexity index is 1040. The van der Waals surface area contributed by atoms with E-state index in [1.807, 2.05) is 35.9 Å². The lowest BCUT2D eigenvalue weighted by molar-refractivity contribution is -0.120. The predicted octanol–water partition coefficient (Wildman–Crippen LogP) is 1.45. The SMILES string of the molecule is COc1cc(C(=O)NCc2cn3ccc(C)cc3n2)cc(OC)c1OCC(N)=O. The molecule has 2 amide bonds. The molecule has 3 rings (SSSR count). The molecule has 2 aromatic heterocycles. The first kappa shape index (κ1) is 20.0. The van der Waals surface area contributed by atoms with E-state index in [0.29, 0.717) is 5.56 Å². The molecule has 0 aliphatic carbocycles. The van der Waals surface area contributed by atoms with Crippen molar-refractivity contribution in [2.45, 2.75) is 13.5 Å². The van der Waals surface area contributed by atoms with Crippen LogP contribution in [-0.4, -0.2) is 42.0 Å². The van der Waals surface area contributed by atoms with Gasteiger partial charge in [0.25, 0.3) is 11.8 Å². The smallest absolute Gasteiger partial charge is 0.255 e. The van der Waals surface area contributed by atoms with Crippen LogP contribution in [0.2, 0.25) is 0 Å². The summed E-state index contributed by atoms with van der Waals surface area (Å²) in [6.45, 7) is 1.91. The number of fused-ring (bicyclic) bond motifs is 1. The van der Waals surface area contributed by atoms with Gasteiger partial charge >= 0.3 is 0 Å². The Morgan fingerprint density at radius 2 is 1.86 bits per heavy atom. The van der Waals surface area contributed by atoms with Gasteiger partial charge in [-0.05, 0) is 36.8 Å². The molecule has 0 radical (unpaired) electrons. The number of aryl methyl sites for hydroxylation is 1. The maximum absolute atomic E-state index is 12.6. The van der Waals surface area contributed by atoms with E-state index in [-0.39, 0.29) is 36.3 Å². The predicted molar refractivity (Wildman–Crippen MR) is 105 cm³/mol. The van der Waals surface area contributed by atoms with E-state index in [2.05, 4.69) is 10.3 Å². The van der Waals surface area contributed by atoms with E-state index < -0.39 is 5.91 Å². The molecule has 0 saturated carbocycles. The van der Waals surface area contributed by atoms with Gasteiger partial charge in [-0.25, -0.2) is 4.98 Å². The van der Waals surface area contributed by atoms with Gasteiger partial charge in [0.15, 0.2) is 18.1 Å². The van der Waals surface area contributed by atoms with Crippen molar-refractivity contribution in [3.05, 3.63) is 53.5 Å². The second kappa shape index (κ2) is 8.51. The summed E-state index contributed by atoms with van der Waals surface area (Å²) in [7, 11) is 2.85. The average molecular weight is 398 g/mol. The molecule has 3 N–H and O–H groups in total. The van der Waals surface area contributed by atoms with Crippen LogP contribution in [0.1, 0.15) is 21.6 Å². The Hall–Kier alpha value is -3.75. The van der Waals surface area contributed by atoms with E-state index in [1.165, 1.54) is 26.4 Å². The molecule has 29 heavy (non-hydrogen) atoms. The Morgan fingerprint density at radius 3 is 2.48 bits per heavy atom. The number of nitrogens with zero attached hydrogens (tertiary/aromatic N) is 2. The summed E-state index contributed by atoms with van der Waals surface area (Å²) in [4.78, 5) is 28.1. The molecule has 0 fully saturated rings. The van der Waals surface area contributed by atoms with Gasteiger partial charge in [0, 0.05) is 18.0 Å². The lowest BCUT2D eigenvalue weighted by atomic mass is 10.1. The summed E-state index contributed by atoms with van der Waals surface area (Å²) in [5, 5.41) is 2.82. The van der Waals surface area contributed by atoms with Crippen molar-refractivity contribution in [2.75, 3.05) is 20.8 Å². The number of benzene rings is 1. The number of carbonyl (C=O) groups excluding carboxylic acids is 2.